The normalized spacial score (nSPS) is 16.0. The van der Waals surface area contributed by atoms with E-state index in [0.717, 1.165) is 29.3 Å². The first-order valence-corrected chi connectivity index (χ1v) is 5.74. The molecule has 80 valence electrons. The van der Waals surface area contributed by atoms with Gasteiger partial charge in [-0.3, -0.25) is 9.78 Å². The number of ketones is 1. The molecule has 0 aliphatic heterocycles. The van der Waals surface area contributed by atoms with Crippen molar-refractivity contribution >= 4 is 16.7 Å². The molecule has 2 aromatic rings. The van der Waals surface area contributed by atoms with Gasteiger partial charge in [0.1, 0.15) is 0 Å². The van der Waals surface area contributed by atoms with Crippen LogP contribution in [0, 0.1) is 5.92 Å². The van der Waals surface area contributed by atoms with Gasteiger partial charge in [0.2, 0.25) is 0 Å². The quantitative estimate of drug-likeness (QED) is 0.714. The van der Waals surface area contributed by atoms with Gasteiger partial charge in [-0.15, -0.1) is 0 Å². The summed E-state index contributed by atoms with van der Waals surface area (Å²) < 4.78 is 0. The lowest BCUT2D eigenvalue weighted by Gasteiger charge is -2.24. The number of rotatable bonds is 2. The van der Waals surface area contributed by atoms with Crippen LogP contribution in [0.4, 0.5) is 0 Å². The highest BCUT2D eigenvalue weighted by molar-refractivity contribution is 6.08. The van der Waals surface area contributed by atoms with Crippen LogP contribution in [0.5, 0.6) is 0 Å². The lowest BCUT2D eigenvalue weighted by Crippen LogP contribution is -2.22. The fourth-order valence-corrected chi connectivity index (χ4v) is 2.21. The number of fused-ring (bicyclic) bond motifs is 1. The Morgan fingerprint density at radius 3 is 2.81 bits per heavy atom. The Labute approximate surface area is 94.3 Å². The van der Waals surface area contributed by atoms with Gasteiger partial charge in [0.25, 0.3) is 0 Å². The van der Waals surface area contributed by atoms with E-state index in [0.29, 0.717) is 5.78 Å². The third kappa shape index (κ3) is 1.42. The zero-order valence-electron chi connectivity index (χ0n) is 9.02. The number of benzene rings is 1. The van der Waals surface area contributed by atoms with Crippen LogP contribution in [-0.2, 0) is 0 Å². The summed E-state index contributed by atoms with van der Waals surface area (Å²) in [5.41, 5.74) is 1.75. The van der Waals surface area contributed by atoms with Crippen molar-refractivity contribution in [2.75, 3.05) is 0 Å². The molecule has 3 rings (SSSR count). The highest BCUT2D eigenvalue weighted by atomic mass is 16.1. The second-order valence-electron chi connectivity index (χ2n) is 4.37. The number of carbonyl (C=O) groups excluding carboxylic acids is 1. The average molecular weight is 211 g/mol. The second kappa shape index (κ2) is 3.71. The number of hydrogen-bond donors (Lipinski definition) is 0. The monoisotopic (exact) mass is 211 g/mol. The number of carbonyl (C=O) groups is 1. The number of Topliss-reactive ketones (excluding diaryl/α,β-unsaturated/α-hetero) is 1. The molecule has 1 aromatic carbocycles. The zero-order chi connectivity index (χ0) is 11.0. The Bertz CT molecular complexity index is 538. The maximum Gasteiger partial charge on any atom is 0.166 e. The van der Waals surface area contributed by atoms with Crippen molar-refractivity contribution in [3.05, 3.63) is 42.1 Å². The van der Waals surface area contributed by atoms with E-state index in [9.17, 15) is 4.79 Å². The van der Waals surface area contributed by atoms with E-state index in [2.05, 4.69) is 4.98 Å². The molecule has 0 radical (unpaired) electrons. The smallest absolute Gasteiger partial charge is 0.166 e. The molecule has 1 fully saturated rings. The summed E-state index contributed by atoms with van der Waals surface area (Å²) in [6.45, 7) is 0. The molecule has 1 saturated carbocycles. The molecule has 1 aromatic heterocycles. The van der Waals surface area contributed by atoms with Crippen LogP contribution in [0.3, 0.4) is 0 Å². The Balaban J connectivity index is 2.12. The van der Waals surface area contributed by atoms with Crippen molar-refractivity contribution in [1.29, 1.82) is 0 Å². The van der Waals surface area contributed by atoms with Crippen LogP contribution in [0.15, 0.2) is 36.5 Å². The number of pyridine rings is 1. The molecular formula is C14H13NO. The first-order valence-electron chi connectivity index (χ1n) is 5.74. The molecule has 0 atom stereocenters. The first kappa shape index (κ1) is 9.52. The van der Waals surface area contributed by atoms with Crippen LogP contribution in [0.1, 0.15) is 29.6 Å². The molecule has 16 heavy (non-hydrogen) atoms. The summed E-state index contributed by atoms with van der Waals surface area (Å²) in [6.07, 6.45) is 5.06. The van der Waals surface area contributed by atoms with Gasteiger partial charge in [-0.1, -0.05) is 24.6 Å². The number of aromatic nitrogens is 1. The van der Waals surface area contributed by atoms with Crippen LogP contribution < -0.4 is 0 Å². The fraction of sp³-hybridized carbons (Fsp3) is 0.286. The standard InChI is InChI=1S/C14H13NO/c16-14(10-4-1-5-10)12-6-2-8-13-11(12)7-3-9-15-13/h2-3,6-10H,1,4-5H2. The molecule has 1 aliphatic rings. The molecule has 0 N–H and O–H groups in total. The summed E-state index contributed by atoms with van der Waals surface area (Å²) in [6, 6.07) is 9.66. The SMILES string of the molecule is O=C(c1cccc2ncccc12)C1CCC1. The zero-order valence-corrected chi connectivity index (χ0v) is 9.02. The molecule has 0 spiro atoms. The Morgan fingerprint density at radius 1 is 1.19 bits per heavy atom. The van der Waals surface area contributed by atoms with Crippen molar-refractivity contribution in [1.82, 2.24) is 4.98 Å². The highest BCUT2D eigenvalue weighted by Gasteiger charge is 2.27. The second-order valence-corrected chi connectivity index (χ2v) is 4.37. The fourth-order valence-electron chi connectivity index (χ4n) is 2.21. The summed E-state index contributed by atoms with van der Waals surface area (Å²) in [4.78, 5) is 16.5. The Morgan fingerprint density at radius 2 is 2.06 bits per heavy atom. The van der Waals surface area contributed by atoms with Crippen molar-refractivity contribution in [2.45, 2.75) is 19.3 Å². The third-order valence-corrected chi connectivity index (χ3v) is 3.39. The van der Waals surface area contributed by atoms with Gasteiger partial charge in [0.15, 0.2) is 5.78 Å². The Kier molecular flexibility index (Phi) is 2.21. The molecule has 0 bridgehead atoms. The van der Waals surface area contributed by atoms with E-state index in [4.69, 9.17) is 0 Å². The van der Waals surface area contributed by atoms with E-state index in [1.165, 1.54) is 6.42 Å². The van der Waals surface area contributed by atoms with Crippen molar-refractivity contribution in [3.8, 4) is 0 Å². The third-order valence-electron chi connectivity index (χ3n) is 3.39. The van der Waals surface area contributed by atoms with Gasteiger partial charge in [0.05, 0.1) is 5.52 Å². The molecule has 0 saturated heterocycles. The highest BCUT2D eigenvalue weighted by Crippen LogP contribution is 2.31. The van der Waals surface area contributed by atoms with Crippen LogP contribution in [0.25, 0.3) is 10.9 Å². The first-order chi connectivity index (χ1) is 7.86. The van der Waals surface area contributed by atoms with E-state index in [1.807, 2.05) is 30.3 Å². The topological polar surface area (TPSA) is 30.0 Å². The van der Waals surface area contributed by atoms with Crippen LogP contribution >= 0.6 is 0 Å². The van der Waals surface area contributed by atoms with E-state index in [-0.39, 0.29) is 5.92 Å². The maximum atomic E-state index is 12.2. The maximum absolute atomic E-state index is 12.2. The molecule has 0 amide bonds. The number of nitrogens with zero attached hydrogens (tertiary/aromatic N) is 1. The van der Waals surface area contributed by atoms with E-state index >= 15 is 0 Å². The van der Waals surface area contributed by atoms with Gasteiger partial charge < -0.3 is 0 Å². The van der Waals surface area contributed by atoms with Crippen molar-refractivity contribution < 1.29 is 4.79 Å². The lowest BCUT2D eigenvalue weighted by molar-refractivity contribution is 0.0857. The van der Waals surface area contributed by atoms with Crippen molar-refractivity contribution in [3.63, 3.8) is 0 Å². The van der Waals surface area contributed by atoms with E-state index in [1.54, 1.807) is 6.20 Å². The summed E-state index contributed by atoms with van der Waals surface area (Å²) in [7, 11) is 0. The summed E-state index contributed by atoms with van der Waals surface area (Å²) in [5.74, 6) is 0.552. The predicted molar refractivity (Wildman–Crippen MR) is 63.4 cm³/mol. The van der Waals surface area contributed by atoms with Gasteiger partial charge in [-0.2, -0.15) is 0 Å². The van der Waals surface area contributed by atoms with Crippen molar-refractivity contribution in [2.24, 2.45) is 5.92 Å². The molecule has 0 unspecified atom stereocenters. The molecule has 2 heteroatoms. The van der Waals surface area contributed by atoms with Crippen LogP contribution in [0.2, 0.25) is 0 Å². The van der Waals surface area contributed by atoms with E-state index < -0.39 is 0 Å². The van der Waals surface area contributed by atoms with Crippen LogP contribution in [-0.4, -0.2) is 10.8 Å². The van der Waals surface area contributed by atoms with Gasteiger partial charge in [-0.05, 0) is 25.0 Å². The largest absolute Gasteiger partial charge is 0.294 e. The minimum Gasteiger partial charge on any atom is -0.294 e. The minimum absolute atomic E-state index is 0.255. The van der Waals surface area contributed by atoms with Gasteiger partial charge in [-0.25, -0.2) is 0 Å². The Hall–Kier alpha value is -1.70. The summed E-state index contributed by atoms with van der Waals surface area (Å²) >= 11 is 0. The van der Waals surface area contributed by atoms with Gasteiger partial charge >= 0.3 is 0 Å². The minimum atomic E-state index is 0.255. The molecule has 1 heterocycles. The molecular weight excluding hydrogens is 198 g/mol. The number of hydrogen-bond acceptors (Lipinski definition) is 2. The average Bonchev–Trinajstić information content (AvgIpc) is 2.26. The summed E-state index contributed by atoms with van der Waals surface area (Å²) in [5, 5.41) is 0.988. The molecule has 2 nitrogen and oxygen atoms in total. The van der Waals surface area contributed by atoms with Gasteiger partial charge in [0, 0.05) is 23.1 Å². The predicted octanol–water partition coefficient (Wildman–Crippen LogP) is 3.22. The lowest BCUT2D eigenvalue weighted by atomic mass is 9.79. The molecule has 1 aliphatic carbocycles.